The van der Waals surface area contributed by atoms with Crippen LogP contribution in [0.3, 0.4) is 0 Å². The Morgan fingerprint density at radius 2 is 1.59 bits per heavy atom. The molecule has 16 nitrogen and oxygen atoms in total. The van der Waals surface area contributed by atoms with Gasteiger partial charge in [-0.05, 0) is 82.7 Å². The largest absolute Gasteiger partial charge is 0.698 e. The third kappa shape index (κ3) is 18.6. The van der Waals surface area contributed by atoms with Gasteiger partial charge in [0.05, 0.1) is 6.04 Å². The summed E-state index contributed by atoms with van der Waals surface area (Å²) >= 11 is 0. The van der Waals surface area contributed by atoms with Crippen LogP contribution in [0.25, 0.3) is 0 Å². The summed E-state index contributed by atoms with van der Waals surface area (Å²) in [5.74, 6) is -5.03. The van der Waals surface area contributed by atoms with E-state index in [0.29, 0.717) is 45.1 Å². The Bertz CT molecular complexity index is 1500. The Labute approximate surface area is 337 Å². The quantitative estimate of drug-likeness (QED) is 0.0369. The maximum Gasteiger partial charge on any atom is 0.698 e. The van der Waals surface area contributed by atoms with Gasteiger partial charge in [-0.3, -0.25) is 14.4 Å². The van der Waals surface area contributed by atoms with Crippen LogP contribution in [0.5, 0.6) is 0 Å². The van der Waals surface area contributed by atoms with Crippen molar-refractivity contribution in [3.05, 3.63) is 35.9 Å². The van der Waals surface area contributed by atoms with Gasteiger partial charge in [-0.2, -0.15) is 13.2 Å². The first-order valence-corrected chi connectivity index (χ1v) is 21.0. The zero-order valence-corrected chi connectivity index (χ0v) is 33.7. The van der Waals surface area contributed by atoms with Crippen molar-refractivity contribution >= 4 is 44.0 Å². The molecule has 1 aromatic carbocycles. The molecule has 2 fully saturated rings. The minimum absolute atomic E-state index is 0.00783. The van der Waals surface area contributed by atoms with Gasteiger partial charge in [0.15, 0.2) is 0 Å². The molecule has 1 saturated carbocycles. The van der Waals surface area contributed by atoms with Crippen molar-refractivity contribution in [2.45, 2.75) is 134 Å². The SMILES string of the molecule is CCCCC(CO[P+](=O)OC(CCCCNC(=O)C(F)(F)F)C(=O)OC(=O)[C@@H]1CCCN1)NC(=O)C(CCCCNC(=O)OCc1ccccc1)NC(=O)C1CCC1. The van der Waals surface area contributed by atoms with Crippen molar-refractivity contribution in [2.24, 2.45) is 5.92 Å². The molecule has 20 heteroatoms. The maximum absolute atomic E-state index is 13.6. The van der Waals surface area contributed by atoms with Crippen LogP contribution in [-0.4, -0.2) is 92.4 Å². The summed E-state index contributed by atoms with van der Waals surface area (Å²) in [5, 5.41) is 13.0. The number of rotatable bonds is 26. The van der Waals surface area contributed by atoms with Crippen molar-refractivity contribution in [2.75, 3.05) is 26.2 Å². The van der Waals surface area contributed by atoms with Crippen molar-refractivity contribution in [3.63, 3.8) is 0 Å². The fourth-order valence-electron chi connectivity index (χ4n) is 5.99. The van der Waals surface area contributed by atoms with Crippen molar-refractivity contribution in [1.82, 2.24) is 26.6 Å². The Balaban J connectivity index is 1.54. The predicted molar refractivity (Wildman–Crippen MR) is 203 cm³/mol. The van der Waals surface area contributed by atoms with Gasteiger partial charge in [0, 0.05) is 23.6 Å². The molecule has 0 aromatic heterocycles. The van der Waals surface area contributed by atoms with E-state index in [-0.39, 0.29) is 63.8 Å². The van der Waals surface area contributed by atoms with Gasteiger partial charge in [0.2, 0.25) is 17.9 Å². The number of alkyl halides is 3. The lowest BCUT2D eigenvalue weighted by Crippen LogP contribution is -2.52. The topological polar surface area (TPSA) is 217 Å². The molecule has 0 bridgehead atoms. The van der Waals surface area contributed by atoms with Crippen LogP contribution < -0.4 is 26.6 Å². The third-order valence-electron chi connectivity index (χ3n) is 9.60. The molecule has 2 aliphatic rings. The van der Waals surface area contributed by atoms with Crippen LogP contribution in [-0.2, 0) is 53.7 Å². The number of hydrogen-bond acceptors (Lipinski definition) is 12. The molecule has 0 radical (unpaired) electrons. The molecular weight excluding hydrogens is 790 g/mol. The monoisotopic (exact) mass is 846 g/mol. The van der Waals surface area contributed by atoms with Gasteiger partial charge in [0.1, 0.15) is 25.3 Å². The van der Waals surface area contributed by atoms with Gasteiger partial charge < -0.3 is 36.1 Å². The number of ether oxygens (including phenoxy) is 2. The summed E-state index contributed by atoms with van der Waals surface area (Å²) < 4.78 is 71.5. The summed E-state index contributed by atoms with van der Waals surface area (Å²) in [4.78, 5) is 75.1. The summed E-state index contributed by atoms with van der Waals surface area (Å²) in [6.07, 6.45) is -0.901. The maximum atomic E-state index is 13.6. The highest BCUT2D eigenvalue weighted by atomic mass is 31.1. The van der Waals surface area contributed by atoms with Crippen LogP contribution in [0, 0.1) is 5.92 Å². The fourth-order valence-corrected chi connectivity index (χ4v) is 6.76. The van der Waals surface area contributed by atoms with E-state index in [1.807, 2.05) is 37.3 Å². The average molecular weight is 847 g/mol. The Kier molecular flexibility index (Phi) is 21.6. The number of esters is 2. The molecule has 5 atom stereocenters. The fraction of sp³-hybridized carbons (Fsp3) is 0.684. The molecule has 3 rings (SSSR count). The Morgan fingerprint density at radius 1 is 0.879 bits per heavy atom. The zero-order chi connectivity index (χ0) is 42.3. The van der Waals surface area contributed by atoms with Crippen LogP contribution in [0.4, 0.5) is 18.0 Å². The van der Waals surface area contributed by atoms with E-state index >= 15 is 0 Å². The molecule has 5 N–H and O–H groups in total. The smallest absolute Gasteiger partial charge is 0.445 e. The van der Waals surface area contributed by atoms with Gasteiger partial charge in [-0.1, -0.05) is 56.5 Å². The van der Waals surface area contributed by atoms with Crippen LogP contribution in [0.1, 0.15) is 102 Å². The Hall–Kier alpha value is -4.19. The molecule has 58 heavy (non-hydrogen) atoms. The van der Waals surface area contributed by atoms with E-state index in [1.54, 1.807) is 5.32 Å². The number of carbonyl (C=O) groups excluding carboxylic acids is 6. The second-order valence-electron chi connectivity index (χ2n) is 14.3. The number of alkyl carbamates (subject to hydrolysis) is 1. The normalized spacial score (nSPS) is 17.2. The number of halogens is 3. The molecule has 1 heterocycles. The van der Waals surface area contributed by atoms with E-state index in [4.69, 9.17) is 18.5 Å². The summed E-state index contributed by atoms with van der Waals surface area (Å²) in [6.45, 7) is 2.21. The lowest BCUT2D eigenvalue weighted by molar-refractivity contribution is -0.173. The number of amides is 4. The number of hydrogen-bond donors (Lipinski definition) is 5. The minimum atomic E-state index is -5.06. The number of carbonyl (C=O) groups is 6. The van der Waals surface area contributed by atoms with Gasteiger partial charge in [0.25, 0.3) is 0 Å². The predicted octanol–water partition coefficient (Wildman–Crippen LogP) is 4.77. The number of nitrogens with one attached hydrogen (secondary N) is 5. The summed E-state index contributed by atoms with van der Waals surface area (Å²) in [5.41, 5.74) is 0.845. The lowest BCUT2D eigenvalue weighted by Gasteiger charge is -2.28. The standard InChI is InChI=1S/C38H55F3N5O11P/c1-2-3-17-28(25-55-58(53)57-31(20-8-10-21-43-36(51)38(39,40)41)35(50)56-34(49)30-19-12-23-42-30)45-33(48)29(46-32(47)27-15-11-16-27)18-7-9-22-44-37(52)54-24-26-13-5-4-6-14-26/h4-6,13-14,27-31,42H,2-3,7-12,15-25H2,1H3,(H3-,43,44,45,46,47,48,51,52)/p+1/t28?,29?,30-,31?/m0/s1. The molecular formula is C38H56F3N5O11P+. The average Bonchev–Trinajstić information content (AvgIpc) is 3.72. The first-order valence-electron chi connectivity index (χ1n) is 19.9. The second kappa shape index (κ2) is 26.0. The molecule has 1 aliphatic heterocycles. The lowest BCUT2D eigenvalue weighted by atomic mass is 9.84. The number of benzene rings is 1. The molecule has 0 spiro atoms. The van der Waals surface area contributed by atoms with Crippen molar-refractivity contribution in [3.8, 4) is 0 Å². The van der Waals surface area contributed by atoms with E-state index in [9.17, 15) is 46.5 Å². The van der Waals surface area contributed by atoms with Gasteiger partial charge in [-0.25, -0.2) is 14.4 Å². The molecule has 324 valence electrons. The van der Waals surface area contributed by atoms with E-state index in [1.165, 1.54) is 0 Å². The van der Waals surface area contributed by atoms with E-state index in [0.717, 1.165) is 31.2 Å². The summed E-state index contributed by atoms with van der Waals surface area (Å²) in [6, 6.07) is 6.91. The zero-order valence-electron chi connectivity index (χ0n) is 32.8. The summed E-state index contributed by atoms with van der Waals surface area (Å²) in [7, 11) is -3.04. The molecule has 1 aliphatic carbocycles. The molecule has 1 saturated heterocycles. The first kappa shape index (κ1) is 48.2. The van der Waals surface area contributed by atoms with Crippen LogP contribution in [0.2, 0.25) is 0 Å². The number of unbranched alkanes of at least 4 members (excludes halogenated alkanes) is 3. The van der Waals surface area contributed by atoms with Crippen molar-refractivity contribution < 1.29 is 65.0 Å². The second-order valence-corrected chi connectivity index (χ2v) is 15.2. The third-order valence-corrected chi connectivity index (χ3v) is 10.4. The van der Waals surface area contributed by atoms with Gasteiger partial charge in [-0.15, -0.1) is 9.05 Å². The van der Waals surface area contributed by atoms with E-state index < -0.39 is 68.5 Å². The molecule has 4 amide bonds. The molecule has 1 aromatic rings. The Morgan fingerprint density at radius 3 is 2.22 bits per heavy atom. The highest BCUT2D eigenvalue weighted by molar-refractivity contribution is 7.33. The minimum Gasteiger partial charge on any atom is -0.445 e. The highest BCUT2D eigenvalue weighted by Crippen LogP contribution is 2.30. The first-order chi connectivity index (χ1) is 27.8. The van der Waals surface area contributed by atoms with Crippen LogP contribution >= 0.6 is 8.25 Å². The van der Waals surface area contributed by atoms with E-state index in [2.05, 4.69) is 21.3 Å². The van der Waals surface area contributed by atoms with Crippen molar-refractivity contribution in [1.29, 1.82) is 0 Å². The highest BCUT2D eigenvalue weighted by Gasteiger charge is 2.39. The molecule has 4 unspecified atom stereocenters. The van der Waals surface area contributed by atoms with Gasteiger partial charge >= 0.3 is 38.4 Å². The van der Waals surface area contributed by atoms with Crippen LogP contribution in [0.15, 0.2) is 30.3 Å².